The minimum absolute atomic E-state index is 0.0316. The highest BCUT2D eigenvalue weighted by molar-refractivity contribution is 7.47. The normalized spacial score (nSPS) is 14.0. The summed E-state index contributed by atoms with van der Waals surface area (Å²) in [6.07, 6.45) is 22.5. The Labute approximate surface area is 251 Å². The van der Waals surface area contributed by atoms with Gasteiger partial charge in [0, 0.05) is 13.3 Å². The number of phosphoric acid groups is 1. The van der Waals surface area contributed by atoms with Crippen molar-refractivity contribution in [1.82, 2.24) is 0 Å². The number of hydrogen-bond acceptors (Lipinski definition) is 7. The van der Waals surface area contributed by atoms with Crippen LogP contribution in [0.15, 0.2) is 0 Å². The first kappa shape index (κ1) is 40.0. The fourth-order valence-electron chi connectivity index (χ4n) is 4.42. The molecule has 1 unspecified atom stereocenters. The predicted molar refractivity (Wildman–Crippen MR) is 165 cm³/mol. The molecule has 0 aromatic rings. The van der Waals surface area contributed by atoms with Crippen molar-refractivity contribution in [3.63, 3.8) is 0 Å². The van der Waals surface area contributed by atoms with Gasteiger partial charge in [0.2, 0.25) is 0 Å². The number of rotatable bonds is 29. The summed E-state index contributed by atoms with van der Waals surface area (Å²) in [6.45, 7) is 3.37. The van der Waals surface area contributed by atoms with E-state index in [1.807, 2.05) is 21.1 Å². The molecule has 0 bridgehead atoms. The second kappa shape index (κ2) is 25.5. The summed E-state index contributed by atoms with van der Waals surface area (Å²) in [7, 11) is 1.47. The van der Waals surface area contributed by atoms with E-state index in [0.29, 0.717) is 17.4 Å². The molecule has 0 amide bonds. The van der Waals surface area contributed by atoms with Gasteiger partial charge in [-0.05, 0) is 6.42 Å². The van der Waals surface area contributed by atoms with Gasteiger partial charge in [-0.25, -0.2) is 4.57 Å². The quantitative estimate of drug-likeness (QED) is 0.0398. The molecule has 0 aromatic carbocycles. The van der Waals surface area contributed by atoms with Crippen molar-refractivity contribution in [2.75, 3.05) is 47.5 Å². The van der Waals surface area contributed by atoms with E-state index in [1.165, 1.54) is 103 Å². The maximum Gasteiger partial charge on any atom is 0.472 e. The zero-order chi connectivity index (χ0) is 30.8. The molecule has 0 aliphatic carbocycles. The lowest BCUT2D eigenvalue weighted by atomic mass is 10.0. The molecule has 0 aliphatic heterocycles. The largest absolute Gasteiger partial charge is 0.472 e. The summed E-state index contributed by atoms with van der Waals surface area (Å²) in [5, 5.41) is 0. The topological polar surface area (TPSA) is 108 Å². The number of nitrogens with zero attached hydrogens (tertiary/aromatic N) is 1. The van der Waals surface area contributed by atoms with Crippen molar-refractivity contribution in [3.05, 3.63) is 0 Å². The summed E-state index contributed by atoms with van der Waals surface area (Å²) >= 11 is 0. The predicted octanol–water partition coefficient (Wildman–Crippen LogP) is 7.73. The Bertz CT molecular complexity index is 698. The lowest BCUT2D eigenvalue weighted by Gasteiger charge is -2.24. The van der Waals surface area contributed by atoms with E-state index in [2.05, 4.69) is 6.92 Å². The van der Waals surface area contributed by atoms with Crippen molar-refractivity contribution >= 4 is 19.8 Å². The Kier molecular flexibility index (Phi) is 24.9. The second-order valence-electron chi connectivity index (χ2n) is 12.3. The first-order chi connectivity index (χ1) is 19.4. The molecule has 0 spiro atoms. The van der Waals surface area contributed by atoms with E-state index in [4.69, 9.17) is 18.5 Å². The van der Waals surface area contributed by atoms with Crippen LogP contribution in [0.25, 0.3) is 0 Å². The summed E-state index contributed by atoms with van der Waals surface area (Å²) in [5.74, 6) is -0.984. The fraction of sp³-hybridized carbons (Fsp3) is 0.935. The lowest BCUT2D eigenvalue weighted by molar-refractivity contribution is -0.870. The summed E-state index contributed by atoms with van der Waals surface area (Å²) < 4.78 is 32.8. The van der Waals surface area contributed by atoms with Crippen LogP contribution in [0.4, 0.5) is 0 Å². The third-order valence-corrected chi connectivity index (χ3v) is 7.92. The van der Waals surface area contributed by atoms with E-state index < -0.39 is 26.5 Å². The monoisotopic (exact) mass is 608 g/mol. The van der Waals surface area contributed by atoms with Gasteiger partial charge in [0.05, 0.1) is 27.7 Å². The van der Waals surface area contributed by atoms with Crippen LogP contribution in [-0.4, -0.2) is 74.9 Å². The molecule has 1 N–H and O–H groups in total. The van der Waals surface area contributed by atoms with Gasteiger partial charge in [0.15, 0.2) is 6.10 Å². The molecule has 10 heteroatoms. The molecule has 244 valence electrons. The Morgan fingerprint density at radius 3 is 1.56 bits per heavy atom. The van der Waals surface area contributed by atoms with Crippen LogP contribution >= 0.6 is 7.82 Å². The van der Waals surface area contributed by atoms with Gasteiger partial charge in [-0.2, -0.15) is 0 Å². The first-order valence-corrected chi connectivity index (χ1v) is 17.7. The fourth-order valence-corrected chi connectivity index (χ4v) is 5.17. The summed E-state index contributed by atoms with van der Waals surface area (Å²) in [4.78, 5) is 33.3. The molecule has 0 aliphatic rings. The molecule has 0 heterocycles. The number of unbranched alkanes of at least 4 members (excludes halogenated alkanes) is 17. The maximum atomic E-state index is 12.1. The lowest BCUT2D eigenvalue weighted by Crippen LogP contribution is -2.37. The minimum atomic E-state index is -4.31. The van der Waals surface area contributed by atoms with Gasteiger partial charge in [-0.3, -0.25) is 18.6 Å². The molecule has 9 nitrogen and oxygen atoms in total. The highest BCUT2D eigenvalue weighted by Crippen LogP contribution is 2.43. The Balaban J connectivity index is 3.77. The number of esters is 2. The van der Waals surface area contributed by atoms with Gasteiger partial charge in [0.25, 0.3) is 0 Å². The Hall–Kier alpha value is -0.990. The van der Waals surface area contributed by atoms with Crippen LogP contribution in [0, 0.1) is 0 Å². The first-order valence-electron chi connectivity index (χ1n) is 16.2. The molecule has 0 saturated carbocycles. The average molecular weight is 609 g/mol. The number of hydrogen-bond donors (Lipinski definition) is 1. The van der Waals surface area contributed by atoms with E-state index in [-0.39, 0.29) is 19.2 Å². The second-order valence-corrected chi connectivity index (χ2v) is 13.7. The zero-order valence-electron chi connectivity index (χ0n) is 27.0. The van der Waals surface area contributed by atoms with Gasteiger partial charge < -0.3 is 18.9 Å². The van der Waals surface area contributed by atoms with Gasteiger partial charge in [-0.1, -0.05) is 116 Å². The van der Waals surface area contributed by atoms with Gasteiger partial charge in [-0.15, -0.1) is 0 Å². The smallest absolute Gasteiger partial charge is 0.462 e. The molecular formula is C31H63NO8P+. The highest BCUT2D eigenvalue weighted by Gasteiger charge is 2.26. The standard InChI is InChI=1S/C31H62NO8P/c1-6-7-8-9-10-11-12-13-14-15-16-17-18-19-20-21-22-23-24-31(34)37-27-30(40-29(2)33)28-39-41(35,36)38-26-25-32(3,4)5/h30H,6-28H2,1-5H3/p+1/t30-/m1/s1. The zero-order valence-corrected chi connectivity index (χ0v) is 27.9. The average Bonchev–Trinajstić information content (AvgIpc) is 2.88. The molecule has 0 fully saturated rings. The van der Waals surface area contributed by atoms with Gasteiger partial charge in [0.1, 0.15) is 19.8 Å². The molecule has 0 rings (SSSR count). The van der Waals surface area contributed by atoms with E-state index in [9.17, 15) is 19.0 Å². The van der Waals surface area contributed by atoms with Crippen molar-refractivity contribution in [2.45, 2.75) is 142 Å². The van der Waals surface area contributed by atoms with Crippen molar-refractivity contribution in [1.29, 1.82) is 0 Å². The molecule has 2 atom stereocenters. The number of phosphoric ester groups is 1. The van der Waals surface area contributed by atoms with Gasteiger partial charge >= 0.3 is 19.8 Å². The van der Waals surface area contributed by atoms with E-state index in [0.717, 1.165) is 19.3 Å². The Morgan fingerprint density at radius 2 is 1.15 bits per heavy atom. The van der Waals surface area contributed by atoms with E-state index >= 15 is 0 Å². The summed E-state index contributed by atoms with van der Waals surface area (Å²) in [5.41, 5.74) is 0. The van der Waals surface area contributed by atoms with Crippen LogP contribution in [0.1, 0.15) is 136 Å². The molecule has 0 saturated heterocycles. The van der Waals surface area contributed by atoms with E-state index in [1.54, 1.807) is 0 Å². The number of carbonyl (C=O) groups is 2. The third-order valence-electron chi connectivity index (χ3n) is 6.94. The van der Waals surface area contributed by atoms with Crippen LogP contribution in [-0.2, 0) is 32.7 Å². The molecular weight excluding hydrogens is 545 g/mol. The Morgan fingerprint density at radius 1 is 0.707 bits per heavy atom. The highest BCUT2D eigenvalue weighted by atomic mass is 31.2. The van der Waals surface area contributed by atoms with Crippen LogP contribution in [0.5, 0.6) is 0 Å². The third kappa shape index (κ3) is 30.3. The SMILES string of the molecule is CCCCCCCCCCCCCCCCCCCCC(=O)OC[C@H](COP(=O)(O)OCC[N+](C)(C)C)OC(C)=O. The molecule has 0 aromatic heterocycles. The number of likely N-dealkylation sites (N-methyl/N-ethyl adjacent to an activating group) is 1. The molecule has 0 radical (unpaired) electrons. The van der Waals surface area contributed by atoms with Crippen LogP contribution in [0.3, 0.4) is 0 Å². The number of ether oxygens (including phenoxy) is 2. The van der Waals surface area contributed by atoms with Crippen LogP contribution < -0.4 is 0 Å². The number of carbonyl (C=O) groups excluding carboxylic acids is 2. The van der Waals surface area contributed by atoms with Crippen molar-refractivity contribution < 1.29 is 42.1 Å². The number of quaternary nitrogens is 1. The van der Waals surface area contributed by atoms with Crippen molar-refractivity contribution in [3.8, 4) is 0 Å². The minimum Gasteiger partial charge on any atom is -0.462 e. The maximum absolute atomic E-state index is 12.1. The van der Waals surface area contributed by atoms with Crippen LogP contribution in [0.2, 0.25) is 0 Å². The molecule has 41 heavy (non-hydrogen) atoms. The van der Waals surface area contributed by atoms with Crippen molar-refractivity contribution in [2.24, 2.45) is 0 Å². The summed E-state index contributed by atoms with van der Waals surface area (Å²) in [6, 6.07) is 0.